The maximum absolute atomic E-state index is 12.8. The standard InChI is InChI=1S/C20H24N2O3/c1-13(2)18(22-19(23)14-7-4-3-5-8-14)20(24)21-16-9-6-10-17-15(16)11-12-25-17/h3-5,7-8,11-13,16,18H,6,9-10H2,1-2H3,(H,21,24)(H,22,23)/t16-,18-/m1/s1. The van der Waals surface area contributed by atoms with Gasteiger partial charge in [-0.05, 0) is 37.0 Å². The van der Waals surface area contributed by atoms with Crippen molar-refractivity contribution < 1.29 is 14.0 Å². The number of carbonyl (C=O) groups is 2. The summed E-state index contributed by atoms with van der Waals surface area (Å²) >= 11 is 0. The Labute approximate surface area is 147 Å². The van der Waals surface area contributed by atoms with Crippen molar-refractivity contribution in [3.8, 4) is 0 Å². The Bertz CT molecular complexity index is 736. The number of furan rings is 1. The fourth-order valence-electron chi connectivity index (χ4n) is 3.25. The second-order valence-corrected chi connectivity index (χ2v) is 6.81. The molecule has 1 heterocycles. The number of aryl methyl sites for hydroxylation is 1. The van der Waals surface area contributed by atoms with Crippen LogP contribution in [0.2, 0.25) is 0 Å². The van der Waals surface area contributed by atoms with E-state index in [9.17, 15) is 9.59 Å². The Kier molecular flexibility index (Phi) is 5.22. The number of amides is 2. The molecule has 0 bridgehead atoms. The highest BCUT2D eigenvalue weighted by atomic mass is 16.3. The van der Waals surface area contributed by atoms with E-state index < -0.39 is 6.04 Å². The van der Waals surface area contributed by atoms with Crippen LogP contribution in [-0.4, -0.2) is 17.9 Å². The van der Waals surface area contributed by atoms with Crippen LogP contribution in [0, 0.1) is 5.92 Å². The van der Waals surface area contributed by atoms with Crippen LogP contribution >= 0.6 is 0 Å². The van der Waals surface area contributed by atoms with E-state index in [1.807, 2.05) is 38.1 Å². The Morgan fingerprint density at radius 1 is 1.16 bits per heavy atom. The van der Waals surface area contributed by atoms with Crippen LogP contribution in [0.1, 0.15) is 54.4 Å². The van der Waals surface area contributed by atoms with Gasteiger partial charge in [0.15, 0.2) is 0 Å². The van der Waals surface area contributed by atoms with Crippen LogP contribution in [0.5, 0.6) is 0 Å². The van der Waals surface area contributed by atoms with Crippen LogP contribution in [0.25, 0.3) is 0 Å². The number of fused-ring (bicyclic) bond motifs is 1. The summed E-state index contributed by atoms with van der Waals surface area (Å²) in [7, 11) is 0. The maximum Gasteiger partial charge on any atom is 0.251 e. The van der Waals surface area contributed by atoms with Gasteiger partial charge in [0, 0.05) is 17.5 Å². The van der Waals surface area contributed by atoms with Crippen LogP contribution in [-0.2, 0) is 11.2 Å². The lowest BCUT2D eigenvalue weighted by molar-refractivity contribution is -0.124. The average Bonchev–Trinajstić information content (AvgIpc) is 3.09. The van der Waals surface area contributed by atoms with Gasteiger partial charge in [0.25, 0.3) is 5.91 Å². The summed E-state index contributed by atoms with van der Waals surface area (Å²) in [5.74, 6) is 0.548. The van der Waals surface area contributed by atoms with Crippen molar-refractivity contribution in [3.63, 3.8) is 0 Å². The summed E-state index contributed by atoms with van der Waals surface area (Å²) < 4.78 is 5.48. The molecule has 0 fully saturated rings. The minimum atomic E-state index is -0.579. The lowest BCUT2D eigenvalue weighted by atomic mass is 9.92. The molecule has 25 heavy (non-hydrogen) atoms. The predicted octanol–water partition coefficient (Wildman–Crippen LogP) is 3.23. The molecule has 2 atom stereocenters. The van der Waals surface area contributed by atoms with Gasteiger partial charge in [0.05, 0.1) is 12.3 Å². The van der Waals surface area contributed by atoms with Gasteiger partial charge in [-0.1, -0.05) is 32.0 Å². The van der Waals surface area contributed by atoms with Crippen molar-refractivity contribution in [1.82, 2.24) is 10.6 Å². The van der Waals surface area contributed by atoms with Gasteiger partial charge in [-0.3, -0.25) is 9.59 Å². The molecule has 0 radical (unpaired) electrons. The van der Waals surface area contributed by atoms with Crippen molar-refractivity contribution in [2.75, 3.05) is 0 Å². The van der Waals surface area contributed by atoms with Gasteiger partial charge in [-0.15, -0.1) is 0 Å². The number of hydrogen-bond donors (Lipinski definition) is 2. The van der Waals surface area contributed by atoms with Gasteiger partial charge in [-0.25, -0.2) is 0 Å². The molecule has 1 aliphatic carbocycles. The second kappa shape index (κ2) is 7.55. The first-order valence-corrected chi connectivity index (χ1v) is 8.79. The van der Waals surface area contributed by atoms with Crippen molar-refractivity contribution >= 4 is 11.8 Å². The molecule has 3 rings (SSSR count). The van der Waals surface area contributed by atoms with Crippen molar-refractivity contribution in [2.45, 2.75) is 45.2 Å². The van der Waals surface area contributed by atoms with Crippen LogP contribution in [0.15, 0.2) is 47.1 Å². The number of hydrogen-bond acceptors (Lipinski definition) is 3. The molecule has 1 aromatic carbocycles. The Morgan fingerprint density at radius 3 is 2.64 bits per heavy atom. The van der Waals surface area contributed by atoms with E-state index >= 15 is 0 Å². The van der Waals surface area contributed by atoms with Gasteiger partial charge in [-0.2, -0.15) is 0 Å². The van der Waals surface area contributed by atoms with Crippen LogP contribution in [0.4, 0.5) is 0 Å². The quantitative estimate of drug-likeness (QED) is 0.878. The third kappa shape index (κ3) is 3.92. The van der Waals surface area contributed by atoms with E-state index in [2.05, 4.69) is 10.6 Å². The van der Waals surface area contributed by atoms with Gasteiger partial charge >= 0.3 is 0 Å². The fourth-order valence-corrected chi connectivity index (χ4v) is 3.25. The molecule has 132 valence electrons. The molecule has 5 nitrogen and oxygen atoms in total. The first-order chi connectivity index (χ1) is 12.1. The zero-order chi connectivity index (χ0) is 17.8. The van der Waals surface area contributed by atoms with Gasteiger partial charge < -0.3 is 15.1 Å². The minimum absolute atomic E-state index is 0.0138. The number of nitrogens with one attached hydrogen (secondary N) is 2. The zero-order valence-corrected chi connectivity index (χ0v) is 14.6. The van der Waals surface area contributed by atoms with E-state index in [-0.39, 0.29) is 23.8 Å². The maximum atomic E-state index is 12.8. The lowest BCUT2D eigenvalue weighted by Gasteiger charge is -2.27. The summed E-state index contributed by atoms with van der Waals surface area (Å²) in [5, 5.41) is 5.95. The van der Waals surface area contributed by atoms with E-state index in [4.69, 9.17) is 4.42 Å². The summed E-state index contributed by atoms with van der Waals surface area (Å²) in [4.78, 5) is 25.2. The molecule has 2 amide bonds. The highest BCUT2D eigenvalue weighted by molar-refractivity contribution is 5.97. The predicted molar refractivity (Wildman–Crippen MR) is 95.1 cm³/mol. The molecule has 0 saturated carbocycles. The summed E-state index contributed by atoms with van der Waals surface area (Å²) in [6.45, 7) is 3.86. The van der Waals surface area contributed by atoms with Crippen molar-refractivity contribution in [3.05, 3.63) is 59.5 Å². The zero-order valence-electron chi connectivity index (χ0n) is 14.6. The summed E-state index contributed by atoms with van der Waals surface area (Å²) in [6.07, 6.45) is 4.45. The molecule has 0 aliphatic heterocycles. The number of rotatable bonds is 5. The molecule has 0 saturated heterocycles. The topological polar surface area (TPSA) is 71.3 Å². The Balaban J connectivity index is 1.69. The first-order valence-electron chi connectivity index (χ1n) is 8.79. The Hall–Kier alpha value is -2.56. The number of carbonyl (C=O) groups excluding carboxylic acids is 2. The van der Waals surface area contributed by atoms with Gasteiger partial charge in [0.1, 0.15) is 11.8 Å². The fraction of sp³-hybridized carbons (Fsp3) is 0.400. The highest BCUT2D eigenvalue weighted by Gasteiger charge is 2.29. The van der Waals surface area contributed by atoms with Crippen molar-refractivity contribution in [1.29, 1.82) is 0 Å². The normalized spacial score (nSPS) is 17.6. The first kappa shape index (κ1) is 17.3. The molecule has 2 aromatic rings. The number of benzene rings is 1. The van der Waals surface area contributed by atoms with Gasteiger partial charge in [0.2, 0.25) is 5.91 Å². The van der Waals surface area contributed by atoms with Crippen molar-refractivity contribution in [2.24, 2.45) is 5.92 Å². The molecule has 0 spiro atoms. The second-order valence-electron chi connectivity index (χ2n) is 6.81. The average molecular weight is 340 g/mol. The Morgan fingerprint density at radius 2 is 1.92 bits per heavy atom. The van der Waals surface area contributed by atoms with Crippen LogP contribution in [0.3, 0.4) is 0 Å². The smallest absolute Gasteiger partial charge is 0.251 e. The summed E-state index contributed by atoms with van der Waals surface area (Å²) in [6, 6.07) is 10.2. The SMILES string of the molecule is CC(C)[C@@H](NC(=O)c1ccccc1)C(=O)N[C@@H]1CCCc2occc21. The molecule has 1 aliphatic rings. The minimum Gasteiger partial charge on any atom is -0.469 e. The monoisotopic (exact) mass is 340 g/mol. The summed E-state index contributed by atoms with van der Waals surface area (Å²) in [5.41, 5.74) is 1.60. The van der Waals surface area contributed by atoms with E-state index in [1.165, 1.54) is 0 Å². The van der Waals surface area contributed by atoms with E-state index in [0.29, 0.717) is 5.56 Å². The third-order valence-electron chi connectivity index (χ3n) is 4.64. The molecular formula is C20H24N2O3. The highest BCUT2D eigenvalue weighted by Crippen LogP contribution is 2.30. The van der Waals surface area contributed by atoms with Crippen LogP contribution < -0.4 is 10.6 Å². The largest absolute Gasteiger partial charge is 0.469 e. The van der Waals surface area contributed by atoms with E-state index in [0.717, 1.165) is 30.6 Å². The molecule has 2 N–H and O–H groups in total. The third-order valence-corrected chi connectivity index (χ3v) is 4.64. The lowest BCUT2D eigenvalue weighted by Crippen LogP contribution is -2.50. The molecule has 5 heteroatoms. The molecule has 1 aromatic heterocycles. The van der Waals surface area contributed by atoms with E-state index in [1.54, 1.807) is 18.4 Å². The molecular weight excluding hydrogens is 316 g/mol. The molecule has 0 unspecified atom stereocenters.